The molecule has 0 spiro atoms. The molecule has 1 unspecified atom stereocenters. The number of phenols is 1. The Morgan fingerprint density at radius 1 is 1.30 bits per heavy atom. The van der Waals surface area contributed by atoms with Gasteiger partial charge in [0.25, 0.3) is 5.92 Å². The Bertz CT molecular complexity index is 747. The molecular weight excluding hydrogens is 350 g/mol. The van der Waals surface area contributed by atoms with Crippen LogP contribution in [-0.2, 0) is 11.2 Å². The van der Waals surface area contributed by atoms with Crippen molar-refractivity contribution in [3.63, 3.8) is 0 Å². The maximum absolute atomic E-state index is 15.1. The molecule has 2 fully saturated rings. The minimum absolute atomic E-state index is 0.0537. The number of alkyl halides is 2. The van der Waals surface area contributed by atoms with E-state index in [0.29, 0.717) is 19.3 Å². The summed E-state index contributed by atoms with van der Waals surface area (Å²) in [4.78, 5) is 10.9. The molecule has 5 heteroatoms. The first kappa shape index (κ1) is 18.7. The number of aryl methyl sites for hydroxylation is 1. The predicted octanol–water partition coefficient (Wildman–Crippen LogP) is 5.36. The van der Waals surface area contributed by atoms with E-state index in [1.165, 1.54) is 5.56 Å². The summed E-state index contributed by atoms with van der Waals surface area (Å²) in [6.07, 6.45) is 4.01. The number of phenolic OH excluding ortho intramolecular Hbond substituents is 1. The molecule has 3 aliphatic rings. The first-order chi connectivity index (χ1) is 12.7. The van der Waals surface area contributed by atoms with Crippen LogP contribution in [-0.4, -0.2) is 22.1 Å². The van der Waals surface area contributed by atoms with Crippen LogP contribution in [0, 0.1) is 23.2 Å². The van der Waals surface area contributed by atoms with E-state index in [4.69, 9.17) is 5.11 Å². The SMILES string of the molecule is C[C@]12CCC3c4ccc(O)cc4CC[C@H]3[C@@H]1[C@@H](CCCC(=O)O)CC2(F)F. The largest absolute Gasteiger partial charge is 0.508 e. The minimum atomic E-state index is -2.67. The third-order valence-electron chi connectivity index (χ3n) is 7.79. The summed E-state index contributed by atoms with van der Waals surface area (Å²) in [6, 6.07) is 5.52. The molecule has 2 saturated carbocycles. The normalized spacial score (nSPS) is 36.6. The van der Waals surface area contributed by atoms with Gasteiger partial charge in [-0.25, -0.2) is 8.78 Å². The van der Waals surface area contributed by atoms with E-state index in [1.807, 2.05) is 12.1 Å². The van der Waals surface area contributed by atoms with Gasteiger partial charge in [0.2, 0.25) is 0 Å². The van der Waals surface area contributed by atoms with Gasteiger partial charge in [-0.1, -0.05) is 13.0 Å². The van der Waals surface area contributed by atoms with Gasteiger partial charge in [0, 0.05) is 18.3 Å². The van der Waals surface area contributed by atoms with Crippen molar-refractivity contribution < 1.29 is 23.8 Å². The fourth-order valence-corrected chi connectivity index (χ4v) is 6.60. The molecule has 0 radical (unpaired) electrons. The summed E-state index contributed by atoms with van der Waals surface area (Å²) in [5.41, 5.74) is 1.41. The molecule has 3 nitrogen and oxygen atoms in total. The number of aromatic hydroxyl groups is 1. The van der Waals surface area contributed by atoms with Gasteiger partial charge in [0.15, 0.2) is 0 Å². The first-order valence-corrected chi connectivity index (χ1v) is 10.1. The monoisotopic (exact) mass is 378 g/mol. The number of hydrogen-bond donors (Lipinski definition) is 2. The number of aliphatic carboxylic acids is 1. The predicted molar refractivity (Wildman–Crippen MR) is 98.0 cm³/mol. The van der Waals surface area contributed by atoms with Crippen molar-refractivity contribution >= 4 is 5.97 Å². The molecule has 1 aromatic rings. The van der Waals surface area contributed by atoms with Crippen molar-refractivity contribution in [1.29, 1.82) is 0 Å². The molecule has 4 rings (SSSR count). The molecule has 1 aromatic carbocycles. The smallest absolute Gasteiger partial charge is 0.303 e. The fraction of sp³-hybridized carbons (Fsp3) is 0.682. The van der Waals surface area contributed by atoms with Crippen molar-refractivity contribution in [2.24, 2.45) is 23.2 Å². The second-order valence-electron chi connectivity index (χ2n) is 9.13. The van der Waals surface area contributed by atoms with E-state index in [1.54, 1.807) is 13.0 Å². The molecule has 0 amide bonds. The summed E-state index contributed by atoms with van der Waals surface area (Å²) >= 11 is 0. The van der Waals surface area contributed by atoms with Gasteiger partial charge >= 0.3 is 5.97 Å². The molecule has 148 valence electrons. The average Bonchev–Trinajstić information content (AvgIpc) is 2.80. The van der Waals surface area contributed by atoms with Crippen LogP contribution < -0.4 is 0 Å². The lowest BCUT2D eigenvalue weighted by atomic mass is 9.53. The molecule has 0 bridgehead atoms. The van der Waals surface area contributed by atoms with Crippen LogP contribution in [0.5, 0.6) is 5.75 Å². The Kier molecular flexibility index (Phi) is 4.47. The van der Waals surface area contributed by atoms with Gasteiger partial charge in [0.1, 0.15) is 5.75 Å². The van der Waals surface area contributed by atoms with Crippen molar-refractivity contribution in [3.05, 3.63) is 29.3 Å². The van der Waals surface area contributed by atoms with E-state index < -0.39 is 17.3 Å². The van der Waals surface area contributed by atoms with Crippen molar-refractivity contribution in [3.8, 4) is 5.75 Å². The number of hydrogen-bond acceptors (Lipinski definition) is 2. The van der Waals surface area contributed by atoms with E-state index in [0.717, 1.165) is 24.8 Å². The lowest BCUT2D eigenvalue weighted by molar-refractivity contribution is -0.137. The highest BCUT2D eigenvalue weighted by atomic mass is 19.3. The highest BCUT2D eigenvalue weighted by Crippen LogP contribution is 2.68. The molecule has 0 heterocycles. The molecule has 0 aliphatic heterocycles. The Hall–Kier alpha value is -1.65. The zero-order valence-electron chi connectivity index (χ0n) is 15.8. The van der Waals surface area contributed by atoms with Crippen LogP contribution in [0.3, 0.4) is 0 Å². The Balaban J connectivity index is 1.64. The van der Waals surface area contributed by atoms with Gasteiger partial charge in [-0.3, -0.25) is 4.79 Å². The van der Waals surface area contributed by atoms with Gasteiger partial charge in [-0.05, 0) is 85.5 Å². The molecular formula is C22H28F2O3. The quantitative estimate of drug-likeness (QED) is 0.741. The third kappa shape index (κ3) is 2.94. The topological polar surface area (TPSA) is 57.5 Å². The van der Waals surface area contributed by atoms with Gasteiger partial charge < -0.3 is 10.2 Å². The van der Waals surface area contributed by atoms with Crippen molar-refractivity contribution in [2.45, 2.75) is 70.1 Å². The summed E-state index contributed by atoms with van der Waals surface area (Å²) < 4.78 is 30.1. The Morgan fingerprint density at radius 3 is 2.81 bits per heavy atom. The van der Waals surface area contributed by atoms with E-state index in [2.05, 4.69) is 0 Å². The lowest BCUT2D eigenvalue weighted by Gasteiger charge is -2.51. The number of carboxylic acid groups (broad SMARTS) is 1. The number of benzene rings is 1. The zero-order chi connectivity index (χ0) is 19.4. The molecule has 2 N–H and O–H groups in total. The second-order valence-corrected chi connectivity index (χ2v) is 9.13. The summed E-state index contributed by atoms with van der Waals surface area (Å²) in [5, 5.41) is 18.7. The second kappa shape index (κ2) is 6.46. The maximum Gasteiger partial charge on any atom is 0.303 e. The molecule has 5 atom stereocenters. The molecule has 0 aromatic heterocycles. The van der Waals surface area contributed by atoms with Gasteiger partial charge in [-0.2, -0.15) is 0 Å². The summed E-state index contributed by atoms with van der Waals surface area (Å²) in [6.45, 7) is 1.78. The van der Waals surface area contributed by atoms with Crippen LogP contribution in [0.25, 0.3) is 0 Å². The van der Waals surface area contributed by atoms with Crippen LogP contribution in [0.2, 0.25) is 0 Å². The van der Waals surface area contributed by atoms with Crippen LogP contribution in [0.15, 0.2) is 18.2 Å². The minimum Gasteiger partial charge on any atom is -0.508 e. The van der Waals surface area contributed by atoms with Crippen LogP contribution in [0.1, 0.15) is 68.9 Å². The zero-order valence-corrected chi connectivity index (χ0v) is 15.8. The highest BCUT2D eigenvalue weighted by molar-refractivity contribution is 5.66. The summed E-state index contributed by atoms with van der Waals surface area (Å²) in [5.74, 6) is -2.90. The molecule has 3 aliphatic carbocycles. The maximum atomic E-state index is 15.1. The van der Waals surface area contributed by atoms with E-state index in [9.17, 15) is 9.90 Å². The average molecular weight is 378 g/mol. The van der Waals surface area contributed by atoms with Crippen molar-refractivity contribution in [2.75, 3.05) is 0 Å². The van der Waals surface area contributed by atoms with Crippen LogP contribution >= 0.6 is 0 Å². The lowest BCUT2D eigenvalue weighted by Crippen LogP contribution is -2.47. The summed E-state index contributed by atoms with van der Waals surface area (Å²) in [7, 11) is 0. The number of fused-ring (bicyclic) bond motifs is 5. The van der Waals surface area contributed by atoms with E-state index >= 15 is 8.78 Å². The number of carbonyl (C=O) groups is 1. The van der Waals surface area contributed by atoms with Crippen LogP contribution in [0.4, 0.5) is 8.78 Å². The third-order valence-corrected chi connectivity index (χ3v) is 7.79. The van der Waals surface area contributed by atoms with E-state index in [-0.39, 0.29) is 42.3 Å². The number of halogens is 2. The fourth-order valence-electron chi connectivity index (χ4n) is 6.60. The standard InChI is InChI=1S/C22H28F2O3/c1-21-10-9-17-16-8-6-15(25)11-13(16)5-7-18(17)20(21)14(12-22(21,23)24)3-2-4-19(26)27/h6,8,11,14,17-18,20,25H,2-5,7,9-10,12H2,1H3,(H,26,27)/t14-,17?,18+,20-,21-/m0/s1. The van der Waals surface area contributed by atoms with Crippen molar-refractivity contribution in [1.82, 2.24) is 0 Å². The molecule has 0 saturated heterocycles. The van der Waals surface area contributed by atoms with Gasteiger partial charge in [0.05, 0.1) is 0 Å². The Morgan fingerprint density at radius 2 is 2.07 bits per heavy atom. The molecule has 27 heavy (non-hydrogen) atoms. The van der Waals surface area contributed by atoms with Gasteiger partial charge in [-0.15, -0.1) is 0 Å². The first-order valence-electron chi connectivity index (χ1n) is 10.1. The Labute approximate surface area is 158 Å². The highest BCUT2D eigenvalue weighted by Gasteiger charge is 2.67. The number of rotatable bonds is 4. The number of carboxylic acids is 1.